The first-order chi connectivity index (χ1) is 9.41. The summed E-state index contributed by atoms with van der Waals surface area (Å²) in [5.41, 5.74) is 5.89. The van der Waals surface area contributed by atoms with E-state index < -0.39 is 0 Å². The highest BCUT2D eigenvalue weighted by Gasteiger charge is 2.34. The number of hydrogen-bond acceptors (Lipinski definition) is 1. The number of halogens is 1. The van der Waals surface area contributed by atoms with Gasteiger partial charge in [-0.1, -0.05) is 36.7 Å². The molecule has 1 unspecified atom stereocenters. The van der Waals surface area contributed by atoms with Gasteiger partial charge in [0, 0.05) is 27.1 Å². The first-order valence-electron chi connectivity index (χ1n) is 7.45. The Morgan fingerprint density at radius 2 is 2.15 bits per heavy atom. The van der Waals surface area contributed by atoms with Gasteiger partial charge in [-0.05, 0) is 55.0 Å². The summed E-state index contributed by atoms with van der Waals surface area (Å²) in [5, 5.41) is 5.06. The van der Waals surface area contributed by atoms with Crippen LogP contribution in [0.2, 0.25) is 0 Å². The number of aromatic amines is 1. The number of nitrogens with one attached hydrogen (secondary N) is 2. The molecule has 3 rings (SSSR count). The fourth-order valence-corrected chi connectivity index (χ4v) is 4.24. The lowest BCUT2D eigenvalue weighted by molar-refractivity contribution is 0.259. The normalized spacial score (nSPS) is 21.1. The van der Waals surface area contributed by atoms with Crippen LogP contribution in [0.25, 0.3) is 10.9 Å². The molecule has 1 aromatic heterocycles. The monoisotopic (exact) mass is 334 g/mol. The molecule has 0 saturated heterocycles. The largest absolute Gasteiger partial charge is 0.358 e. The molecule has 1 atom stereocenters. The van der Waals surface area contributed by atoms with Gasteiger partial charge in [-0.15, -0.1) is 0 Å². The van der Waals surface area contributed by atoms with Crippen molar-refractivity contribution in [3.05, 3.63) is 33.4 Å². The van der Waals surface area contributed by atoms with Gasteiger partial charge in [-0.3, -0.25) is 0 Å². The SMILES string of the molecule is CCNC1CC(C)(C)Cc2[nH]c3c(C)cc(Br)cc3c21. The Hall–Kier alpha value is -0.800. The highest BCUT2D eigenvalue weighted by molar-refractivity contribution is 9.10. The first-order valence-corrected chi connectivity index (χ1v) is 8.24. The first kappa shape index (κ1) is 14.2. The summed E-state index contributed by atoms with van der Waals surface area (Å²) in [6, 6.07) is 4.92. The average molecular weight is 335 g/mol. The van der Waals surface area contributed by atoms with Gasteiger partial charge in [0.15, 0.2) is 0 Å². The molecule has 0 amide bonds. The van der Waals surface area contributed by atoms with Gasteiger partial charge < -0.3 is 10.3 Å². The van der Waals surface area contributed by atoms with Gasteiger partial charge in [-0.25, -0.2) is 0 Å². The summed E-state index contributed by atoms with van der Waals surface area (Å²) < 4.78 is 1.17. The minimum Gasteiger partial charge on any atom is -0.358 e. The predicted molar refractivity (Wildman–Crippen MR) is 89.3 cm³/mol. The van der Waals surface area contributed by atoms with Crippen LogP contribution in [0.4, 0.5) is 0 Å². The zero-order valence-corrected chi connectivity index (χ0v) is 14.3. The molecule has 0 aliphatic heterocycles. The fourth-order valence-electron chi connectivity index (χ4n) is 3.67. The summed E-state index contributed by atoms with van der Waals surface area (Å²) in [6.07, 6.45) is 2.34. The van der Waals surface area contributed by atoms with Crippen molar-refractivity contribution >= 4 is 26.8 Å². The van der Waals surface area contributed by atoms with Gasteiger partial charge in [-0.2, -0.15) is 0 Å². The second kappa shape index (κ2) is 4.88. The Labute approximate surface area is 129 Å². The van der Waals surface area contributed by atoms with E-state index in [4.69, 9.17) is 0 Å². The summed E-state index contributed by atoms with van der Waals surface area (Å²) in [6.45, 7) is 10.1. The van der Waals surface area contributed by atoms with Crippen molar-refractivity contribution in [2.45, 2.75) is 46.6 Å². The van der Waals surface area contributed by atoms with Gasteiger partial charge in [0.25, 0.3) is 0 Å². The Bertz CT molecular complexity index is 655. The van der Waals surface area contributed by atoms with Crippen molar-refractivity contribution < 1.29 is 0 Å². The second-order valence-electron chi connectivity index (χ2n) is 6.82. The summed E-state index contributed by atoms with van der Waals surface area (Å²) in [7, 11) is 0. The molecule has 0 radical (unpaired) electrons. The Morgan fingerprint density at radius 3 is 2.85 bits per heavy atom. The summed E-state index contributed by atoms with van der Waals surface area (Å²) >= 11 is 3.64. The molecule has 108 valence electrons. The molecule has 0 fully saturated rings. The van der Waals surface area contributed by atoms with Crippen molar-refractivity contribution in [2.75, 3.05) is 6.54 Å². The van der Waals surface area contributed by atoms with E-state index in [2.05, 4.69) is 66.1 Å². The van der Waals surface area contributed by atoms with E-state index in [-0.39, 0.29) is 0 Å². The van der Waals surface area contributed by atoms with Gasteiger partial charge in [0.2, 0.25) is 0 Å². The smallest absolute Gasteiger partial charge is 0.0490 e. The molecule has 1 heterocycles. The third-order valence-electron chi connectivity index (χ3n) is 4.40. The number of fused-ring (bicyclic) bond motifs is 3. The number of aryl methyl sites for hydroxylation is 1. The van der Waals surface area contributed by atoms with Crippen molar-refractivity contribution in [3.63, 3.8) is 0 Å². The Morgan fingerprint density at radius 1 is 1.40 bits per heavy atom. The molecule has 3 heteroatoms. The third-order valence-corrected chi connectivity index (χ3v) is 4.86. The van der Waals surface area contributed by atoms with Gasteiger partial charge in [0.1, 0.15) is 0 Å². The summed E-state index contributed by atoms with van der Waals surface area (Å²) in [4.78, 5) is 3.69. The number of benzene rings is 1. The Kier molecular flexibility index (Phi) is 3.46. The van der Waals surface area contributed by atoms with Gasteiger partial charge >= 0.3 is 0 Å². The molecule has 20 heavy (non-hydrogen) atoms. The molecule has 1 aliphatic carbocycles. The number of aromatic nitrogens is 1. The predicted octanol–water partition coefficient (Wildman–Crippen LogP) is 4.86. The second-order valence-corrected chi connectivity index (χ2v) is 7.73. The van der Waals surface area contributed by atoms with Crippen LogP contribution < -0.4 is 5.32 Å². The maximum Gasteiger partial charge on any atom is 0.0490 e. The zero-order chi connectivity index (χ0) is 14.5. The lowest BCUT2D eigenvalue weighted by Gasteiger charge is -2.36. The topological polar surface area (TPSA) is 27.8 Å². The molecule has 1 aliphatic rings. The molecular formula is C17H23BrN2. The van der Waals surface area contributed by atoms with Crippen molar-refractivity contribution in [1.29, 1.82) is 0 Å². The van der Waals surface area contributed by atoms with E-state index in [9.17, 15) is 0 Å². The molecule has 2 aromatic rings. The van der Waals surface area contributed by atoms with Crippen molar-refractivity contribution in [1.82, 2.24) is 10.3 Å². The van der Waals surface area contributed by atoms with E-state index >= 15 is 0 Å². The van der Waals surface area contributed by atoms with Crippen LogP contribution in [0.3, 0.4) is 0 Å². The molecule has 2 N–H and O–H groups in total. The van der Waals surface area contributed by atoms with Gasteiger partial charge in [0.05, 0.1) is 0 Å². The van der Waals surface area contributed by atoms with Crippen LogP contribution in [0.15, 0.2) is 16.6 Å². The summed E-state index contributed by atoms with van der Waals surface area (Å²) in [5.74, 6) is 0. The lowest BCUT2D eigenvalue weighted by Crippen LogP contribution is -2.33. The standard InChI is InChI=1S/C17H23BrN2/c1-5-19-13-8-17(3,4)9-14-15(13)12-7-11(18)6-10(2)16(12)20-14/h6-7,13,19-20H,5,8-9H2,1-4H3. The quantitative estimate of drug-likeness (QED) is 0.806. The minimum atomic E-state index is 0.353. The van der Waals surface area contributed by atoms with Crippen LogP contribution in [-0.2, 0) is 6.42 Å². The molecule has 2 nitrogen and oxygen atoms in total. The number of H-pyrrole nitrogens is 1. The van der Waals surface area contributed by atoms with Crippen LogP contribution in [-0.4, -0.2) is 11.5 Å². The maximum atomic E-state index is 3.69. The van der Waals surface area contributed by atoms with Crippen LogP contribution in [0, 0.1) is 12.3 Å². The van der Waals surface area contributed by atoms with E-state index in [1.165, 1.54) is 38.6 Å². The van der Waals surface area contributed by atoms with E-state index in [0.29, 0.717) is 11.5 Å². The van der Waals surface area contributed by atoms with Crippen molar-refractivity contribution in [3.8, 4) is 0 Å². The molecular weight excluding hydrogens is 312 g/mol. The van der Waals surface area contributed by atoms with Crippen molar-refractivity contribution in [2.24, 2.45) is 5.41 Å². The highest BCUT2D eigenvalue weighted by Crippen LogP contribution is 2.44. The van der Waals surface area contributed by atoms with Crippen LogP contribution in [0.1, 0.15) is 50.1 Å². The van der Waals surface area contributed by atoms with E-state index in [0.717, 1.165) is 13.0 Å². The number of hydrogen-bond donors (Lipinski definition) is 2. The van der Waals surface area contributed by atoms with E-state index in [1.807, 2.05) is 0 Å². The zero-order valence-electron chi connectivity index (χ0n) is 12.7. The Balaban J connectivity index is 2.24. The third kappa shape index (κ3) is 2.31. The number of rotatable bonds is 2. The molecule has 0 saturated carbocycles. The molecule has 0 spiro atoms. The fraction of sp³-hybridized carbons (Fsp3) is 0.529. The van der Waals surface area contributed by atoms with Crippen LogP contribution >= 0.6 is 15.9 Å². The highest BCUT2D eigenvalue weighted by atomic mass is 79.9. The molecule has 0 bridgehead atoms. The molecule has 1 aromatic carbocycles. The average Bonchev–Trinajstić information content (AvgIpc) is 2.66. The lowest BCUT2D eigenvalue weighted by atomic mass is 9.74. The maximum absolute atomic E-state index is 3.69. The van der Waals surface area contributed by atoms with Crippen LogP contribution in [0.5, 0.6) is 0 Å². The minimum absolute atomic E-state index is 0.353. The van der Waals surface area contributed by atoms with E-state index in [1.54, 1.807) is 0 Å².